The number of halogens is 1. The Hall–Kier alpha value is -3.10. The molecule has 0 saturated carbocycles. The topological polar surface area (TPSA) is 90.4 Å². The van der Waals surface area contributed by atoms with Crippen molar-refractivity contribution in [2.75, 3.05) is 0 Å². The van der Waals surface area contributed by atoms with Gasteiger partial charge >= 0.3 is 0 Å². The van der Waals surface area contributed by atoms with Crippen LogP contribution in [0.3, 0.4) is 0 Å². The summed E-state index contributed by atoms with van der Waals surface area (Å²) in [4.78, 5) is 27.8. The normalized spacial score (nSPS) is 12.0. The molecule has 26 heavy (non-hydrogen) atoms. The number of fused-ring (bicyclic) bond motifs is 1. The van der Waals surface area contributed by atoms with Crippen LogP contribution >= 0.6 is 22.9 Å². The van der Waals surface area contributed by atoms with Gasteiger partial charge in [0.25, 0.3) is 11.2 Å². The smallest absolute Gasteiger partial charge is 0.266 e. The van der Waals surface area contributed by atoms with E-state index in [0.29, 0.717) is 25.9 Å². The predicted molar refractivity (Wildman–Crippen MR) is 99.5 cm³/mol. The molecule has 0 fully saturated rings. The van der Waals surface area contributed by atoms with Gasteiger partial charge in [-0.15, -0.1) is 5.10 Å². The average molecular weight is 385 g/mol. The predicted octanol–water partition coefficient (Wildman–Crippen LogP) is 2.93. The van der Waals surface area contributed by atoms with Crippen molar-refractivity contribution in [1.82, 2.24) is 14.6 Å². The van der Waals surface area contributed by atoms with Gasteiger partial charge < -0.3 is 0 Å². The summed E-state index contributed by atoms with van der Waals surface area (Å²) < 4.78 is 1.63. The number of benzene rings is 2. The van der Waals surface area contributed by atoms with E-state index in [1.165, 1.54) is 28.0 Å². The van der Waals surface area contributed by atoms with Gasteiger partial charge in [0.05, 0.1) is 9.46 Å². The molecule has 0 radical (unpaired) electrons. The fraction of sp³-hybridized carbons (Fsp3) is 0. The van der Waals surface area contributed by atoms with Crippen LogP contribution in [0.15, 0.2) is 53.3 Å². The summed E-state index contributed by atoms with van der Waals surface area (Å²) in [5.74, 6) is 0.415. The van der Waals surface area contributed by atoms with Crippen molar-refractivity contribution in [3.8, 4) is 11.4 Å². The Morgan fingerprint density at radius 3 is 2.73 bits per heavy atom. The van der Waals surface area contributed by atoms with Gasteiger partial charge in [0, 0.05) is 22.7 Å². The van der Waals surface area contributed by atoms with Crippen LogP contribution in [-0.4, -0.2) is 19.5 Å². The van der Waals surface area contributed by atoms with Gasteiger partial charge in [-0.25, -0.2) is 0 Å². The van der Waals surface area contributed by atoms with Crippen LogP contribution in [0.1, 0.15) is 5.56 Å². The van der Waals surface area contributed by atoms with E-state index in [9.17, 15) is 14.9 Å². The van der Waals surface area contributed by atoms with Crippen LogP contribution in [0.25, 0.3) is 22.4 Å². The fourth-order valence-electron chi connectivity index (χ4n) is 2.46. The minimum absolute atomic E-state index is 0.0334. The largest absolute Gasteiger partial charge is 0.291 e. The number of rotatable bonds is 3. The van der Waals surface area contributed by atoms with Crippen LogP contribution < -0.4 is 10.1 Å². The molecule has 4 rings (SSSR count). The van der Waals surface area contributed by atoms with Crippen molar-refractivity contribution in [2.24, 2.45) is 0 Å². The molecular formula is C17H9ClN4O3S. The molecule has 0 bridgehead atoms. The summed E-state index contributed by atoms with van der Waals surface area (Å²) >= 11 is 7.15. The zero-order chi connectivity index (χ0) is 18.3. The van der Waals surface area contributed by atoms with Crippen molar-refractivity contribution >= 4 is 39.7 Å². The maximum atomic E-state index is 12.5. The summed E-state index contributed by atoms with van der Waals surface area (Å²) in [5, 5.41) is 15.7. The molecule has 128 valence electrons. The van der Waals surface area contributed by atoms with E-state index in [4.69, 9.17) is 11.6 Å². The molecule has 0 aliphatic rings. The van der Waals surface area contributed by atoms with E-state index in [1.54, 1.807) is 36.4 Å². The highest BCUT2D eigenvalue weighted by atomic mass is 35.5. The number of non-ortho nitro benzene ring substituents is 1. The SMILES string of the molecule is O=c1c(=Cc2cccc([N+](=O)[O-])c2)sc2nc(-c3cccc(Cl)c3)nn12. The molecule has 0 amide bonds. The van der Waals surface area contributed by atoms with Gasteiger partial charge in [-0.2, -0.15) is 9.50 Å². The van der Waals surface area contributed by atoms with Crippen molar-refractivity contribution < 1.29 is 4.92 Å². The first-order chi connectivity index (χ1) is 12.5. The molecule has 4 aromatic rings. The second-order valence-corrected chi connectivity index (χ2v) is 6.85. The molecule has 9 heteroatoms. The number of thiazole rings is 1. The molecular weight excluding hydrogens is 376 g/mol. The van der Waals surface area contributed by atoms with Crippen LogP contribution in [-0.2, 0) is 0 Å². The lowest BCUT2D eigenvalue weighted by Crippen LogP contribution is -2.23. The minimum Gasteiger partial charge on any atom is -0.266 e. The van der Waals surface area contributed by atoms with Gasteiger partial charge in [0.1, 0.15) is 0 Å². The van der Waals surface area contributed by atoms with Gasteiger partial charge in [-0.05, 0) is 23.8 Å². The van der Waals surface area contributed by atoms with Crippen LogP contribution in [0, 0.1) is 10.1 Å². The molecule has 7 nitrogen and oxygen atoms in total. The van der Waals surface area contributed by atoms with Gasteiger partial charge in [0.15, 0.2) is 5.82 Å². The molecule has 2 heterocycles. The monoisotopic (exact) mass is 384 g/mol. The Bertz CT molecular complexity index is 1260. The second-order valence-electron chi connectivity index (χ2n) is 5.41. The van der Waals surface area contributed by atoms with E-state index >= 15 is 0 Å². The lowest BCUT2D eigenvalue weighted by atomic mass is 10.2. The Kier molecular flexibility index (Phi) is 3.98. The molecule has 0 saturated heterocycles. The van der Waals surface area contributed by atoms with Gasteiger partial charge in [-0.3, -0.25) is 14.9 Å². The summed E-state index contributed by atoms with van der Waals surface area (Å²) in [5.41, 5.74) is 0.930. The van der Waals surface area contributed by atoms with Crippen LogP contribution in [0.4, 0.5) is 5.69 Å². The Labute approximate surface area is 155 Å². The minimum atomic E-state index is -0.477. The second kappa shape index (κ2) is 6.32. The van der Waals surface area contributed by atoms with E-state index in [1.807, 2.05) is 6.07 Å². The number of nitro groups is 1. The Balaban J connectivity index is 1.80. The molecule has 0 unspecified atom stereocenters. The summed E-state index contributed by atoms with van der Waals surface area (Å²) in [6.45, 7) is 0. The summed E-state index contributed by atoms with van der Waals surface area (Å²) in [6, 6.07) is 13.1. The summed E-state index contributed by atoms with van der Waals surface area (Å²) in [7, 11) is 0. The summed E-state index contributed by atoms with van der Waals surface area (Å²) in [6.07, 6.45) is 1.59. The van der Waals surface area contributed by atoms with E-state index in [0.717, 1.165) is 5.56 Å². The molecule has 0 aliphatic heterocycles. The molecule has 2 aromatic heterocycles. The van der Waals surface area contributed by atoms with Gasteiger partial charge in [0.2, 0.25) is 4.96 Å². The lowest BCUT2D eigenvalue weighted by molar-refractivity contribution is -0.384. The third kappa shape index (κ3) is 2.96. The first-order valence-electron chi connectivity index (χ1n) is 7.43. The average Bonchev–Trinajstić information content (AvgIpc) is 3.15. The molecule has 0 atom stereocenters. The zero-order valence-electron chi connectivity index (χ0n) is 13.0. The third-order valence-electron chi connectivity index (χ3n) is 3.64. The quantitative estimate of drug-likeness (QED) is 0.400. The first kappa shape index (κ1) is 16.4. The van der Waals surface area contributed by atoms with Crippen LogP contribution in [0.5, 0.6) is 0 Å². The maximum Gasteiger partial charge on any atom is 0.291 e. The standard InChI is InChI=1S/C17H9ClN4O3S/c18-12-5-2-4-11(9-12)15-19-17-21(20-15)16(23)14(26-17)8-10-3-1-6-13(7-10)22(24)25/h1-9H. The van der Waals surface area contributed by atoms with E-state index < -0.39 is 4.92 Å². The number of nitro benzene ring substituents is 1. The highest BCUT2D eigenvalue weighted by Gasteiger charge is 2.12. The van der Waals surface area contributed by atoms with Crippen molar-refractivity contribution in [3.63, 3.8) is 0 Å². The van der Waals surface area contributed by atoms with Crippen molar-refractivity contribution in [2.45, 2.75) is 0 Å². The van der Waals surface area contributed by atoms with E-state index in [2.05, 4.69) is 10.1 Å². The molecule has 0 spiro atoms. The number of hydrogen-bond donors (Lipinski definition) is 0. The number of aromatic nitrogens is 3. The number of hydrogen-bond acceptors (Lipinski definition) is 6. The molecule has 2 aromatic carbocycles. The lowest BCUT2D eigenvalue weighted by Gasteiger charge is -1.94. The highest BCUT2D eigenvalue weighted by molar-refractivity contribution is 7.15. The Morgan fingerprint density at radius 1 is 1.19 bits per heavy atom. The van der Waals surface area contributed by atoms with Gasteiger partial charge in [-0.1, -0.05) is 47.2 Å². The highest BCUT2D eigenvalue weighted by Crippen LogP contribution is 2.20. The number of nitrogens with zero attached hydrogens (tertiary/aromatic N) is 4. The fourth-order valence-corrected chi connectivity index (χ4v) is 3.56. The van der Waals surface area contributed by atoms with Crippen molar-refractivity contribution in [1.29, 1.82) is 0 Å². The third-order valence-corrected chi connectivity index (χ3v) is 4.84. The van der Waals surface area contributed by atoms with E-state index in [-0.39, 0.29) is 11.2 Å². The van der Waals surface area contributed by atoms with Crippen LogP contribution in [0.2, 0.25) is 5.02 Å². The Morgan fingerprint density at radius 2 is 2.00 bits per heavy atom. The first-order valence-corrected chi connectivity index (χ1v) is 8.62. The molecule has 0 N–H and O–H groups in total. The molecule has 0 aliphatic carbocycles. The maximum absolute atomic E-state index is 12.5. The van der Waals surface area contributed by atoms with Crippen molar-refractivity contribution in [3.05, 3.63) is 84.1 Å². The zero-order valence-corrected chi connectivity index (χ0v) is 14.6.